The summed E-state index contributed by atoms with van der Waals surface area (Å²) in [6, 6.07) is 4.90. The molecule has 0 amide bonds. The first-order valence-corrected chi connectivity index (χ1v) is 22.4. The number of pyridine rings is 2. The number of nitrogens with one attached hydrogen (secondary N) is 2. The molecule has 6 rings (SSSR count). The van der Waals surface area contributed by atoms with Crippen LogP contribution in [-0.4, -0.2) is 64.7 Å². The number of hydrogen-bond donors (Lipinski definition) is 3. The summed E-state index contributed by atoms with van der Waals surface area (Å²) < 4.78 is 12.6. The van der Waals surface area contributed by atoms with Crippen molar-refractivity contribution in [1.29, 1.82) is 0 Å². The van der Waals surface area contributed by atoms with Gasteiger partial charge in [-0.3, -0.25) is 0 Å². The fraction of sp³-hybridized carbons (Fsp3) is 0.610. The van der Waals surface area contributed by atoms with E-state index in [2.05, 4.69) is 72.2 Å². The largest absolute Gasteiger partial charge is 0.462 e. The van der Waals surface area contributed by atoms with Crippen molar-refractivity contribution in [2.24, 2.45) is 5.73 Å². The van der Waals surface area contributed by atoms with Crippen molar-refractivity contribution in [2.45, 2.75) is 148 Å². The van der Waals surface area contributed by atoms with Gasteiger partial charge < -0.3 is 29.7 Å². The maximum absolute atomic E-state index is 12.2. The second-order valence-corrected chi connectivity index (χ2v) is 21.5. The van der Waals surface area contributed by atoms with Gasteiger partial charge in [0.1, 0.15) is 16.9 Å². The third kappa shape index (κ3) is 9.83. The van der Waals surface area contributed by atoms with E-state index in [9.17, 15) is 9.59 Å². The highest BCUT2D eigenvalue weighted by Crippen LogP contribution is 2.44. The van der Waals surface area contributed by atoms with Crippen molar-refractivity contribution in [2.75, 3.05) is 18.5 Å². The Kier molecular flexibility index (Phi) is 15.8. The van der Waals surface area contributed by atoms with E-state index in [1.807, 2.05) is 25.3 Å². The lowest BCUT2D eigenvalue weighted by atomic mass is 9.95. The van der Waals surface area contributed by atoms with Gasteiger partial charge in [-0.25, -0.2) is 19.6 Å². The molecule has 10 nitrogen and oxygen atoms in total. The number of hydrogen-bond acceptors (Lipinski definition) is 8. The minimum atomic E-state index is -1.92. The van der Waals surface area contributed by atoms with Crippen LogP contribution in [0.3, 0.4) is 0 Å². The van der Waals surface area contributed by atoms with E-state index in [-0.39, 0.29) is 5.97 Å². The molecule has 12 heteroatoms. The Balaban J connectivity index is 0.000000202. The molecule has 4 N–H and O–H groups in total. The molecular weight excluding hydrogens is 704 g/mol. The number of fused-ring (bicyclic) bond motifs is 2. The maximum Gasteiger partial charge on any atom is 0.341 e. The molecule has 0 aliphatic heterocycles. The van der Waals surface area contributed by atoms with E-state index in [0.717, 1.165) is 40.6 Å². The van der Waals surface area contributed by atoms with E-state index in [4.69, 9.17) is 26.8 Å². The Morgan fingerprint density at radius 2 is 1.40 bits per heavy atom. The number of aromatic nitrogens is 4. The number of anilines is 1. The molecule has 0 aromatic carbocycles. The monoisotopic (exact) mass is 766 g/mol. The van der Waals surface area contributed by atoms with Gasteiger partial charge in [0.25, 0.3) is 0 Å². The first-order valence-electron chi connectivity index (χ1n) is 19.9. The van der Waals surface area contributed by atoms with Crippen LogP contribution in [0.2, 0.25) is 21.6 Å². The molecule has 4 aromatic heterocycles. The minimum Gasteiger partial charge on any atom is -0.462 e. The van der Waals surface area contributed by atoms with Crippen LogP contribution >= 0.6 is 11.6 Å². The van der Waals surface area contributed by atoms with Crippen LogP contribution in [0.25, 0.3) is 22.1 Å². The number of nitrogens with zero attached hydrogens (tertiary/aromatic N) is 3. The van der Waals surface area contributed by atoms with Gasteiger partial charge in [0.15, 0.2) is 8.24 Å². The summed E-state index contributed by atoms with van der Waals surface area (Å²) in [7, 11) is -1.92. The molecular formula is C41H63ClN6O4Si. The van der Waals surface area contributed by atoms with Gasteiger partial charge in [-0.15, -0.1) is 0 Å². The van der Waals surface area contributed by atoms with Crippen molar-refractivity contribution in [1.82, 2.24) is 19.2 Å². The quantitative estimate of drug-likeness (QED) is 0.107. The summed E-state index contributed by atoms with van der Waals surface area (Å²) in [4.78, 5) is 36.3. The lowest BCUT2D eigenvalue weighted by molar-refractivity contribution is 0.0517. The molecule has 2 aliphatic carbocycles. The van der Waals surface area contributed by atoms with E-state index < -0.39 is 14.2 Å². The number of carbonyl (C=O) groups excluding carboxylic acids is 2. The molecule has 53 heavy (non-hydrogen) atoms. The van der Waals surface area contributed by atoms with Gasteiger partial charge >= 0.3 is 11.9 Å². The van der Waals surface area contributed by atoms with Crippen LogP contribution in [0.4, 0.5) is 5.69 Å². The Hall–Kier alpha value is -3.41. The molecule has 4 aromatic rings. The topological polar surface area (TPSA) is 137 Å². The van der Waals surface area contributed by atoms with Crippen molar-refractivity contribution < 1.29 is 19.1 Å². The number of H-pyrrole nitrogens is 1. The van der Waals surface area contributed by atoms with Gasteiger partial charge in [-0.2, -0.15) is 0 Å². The van der Waals surface area contributed by atoms with Gasteiger partial charge in [0.05, 0.1) is 29.5 Å². The normalized spacial score (nSPS) is 15.6. The van der Waals surface area contributed by atoms with Crippen LogP contribution in [-0.2, 0) is 9.47 Å². The predicted molar refractivity (Wildman–Crippen MR) is 221 cm³/mol. The van der Waals surface area contributed by atoms with E-state index in [0.29, 0.717) is 58.1 Å². The van der Waals surface area contributed by atoms with E-state index >= 15 is 0 Å². The Morgan fingerprint density at radius 1 is 0.849 bits per heavy atom. The summed E-state index contributed by atoms with van der Waals surface area (Å²) in [6.45, 7) is 18.2. The molecule has 0 unspecified atom stereocenters. The Labute approximate surface area is 322 Å². The highest BCUT2D eigenvalue weighted by atomic mass is 35.5. The first-order chi connectivity index (χ1) is 25.4. The average molecular weight is 768 g/mol. The number of nitrogens with two attached hydrogens (primary N) is 1. The number of halogens is 1. The molecule has 4 heterocycles. The maximum atomic E-state index is 12.2. The van der Waals surface area contributed by atoms with Crippen LogP contribution in [0.1, 0.15) is 140 Å². The number of esters is 2. The molecule has 0 spiro atoms. The molecule has 292 valence electrons. The summed E-state index contributed by atoms with van der Waals surface area (Å²) in [5.74, 6) is -0.735. The SMILES string of the molecule is CCOC(=O)c1cnc2[nH]ccc2c1NC1CCCCC1.CCOC(=O)c1cnc2c(ccn2[Si](C(C)C)(C(C)C)C(C)C)c1Cl.NC1CCCCC1. The van der Waals surface area contributed by atoms with Gasteiger partial charge in [0, 0.05) is 41.4 Å². The first kappa shape index (κ1) is 42.3. The van der Waals surface area contributed by atoms with Crippen LogP contribution in [0.15, 0.2) is 36.9 Å². The van der Waals surface area contributed by atoms with Crippen molar-refractivity contribution in [3.8, 4) is 0 Å². The van der Waals surface area contributed by atoms with Gasteiger partial charge in [-0.05, 0) is 74.5 Å². The smallest absolute Gasteiger partial charge is 0.341 e. The molecule has 2 saturated carbocycles. The minimum absolute atomic E-state index is 0.314. The van der Waals surface area contributed by atoms with Gasteiger partial charge in [0.2, 0.25) is 0 Å². The summed E-state index contributed by atoms with van der Waals surface area (Å²) in [5.41, 5.74) is 10.7. The van der Waals surface area contributed by atoms with E-state index in [1.54, 1.807) is 19.3 Å². The number of carbonyl (C=O) groups is 2. The Bertz CT molecular complexity index is 1750. The summed E-state index contributed by atoms with van der Waals surface area (Å²) in [6.07, 6.45) is 19.9. The molecule has 0 atom stereocenters. The average Bonchev–Trinajstić information content (AvgIpc) is 3.79. The summed E-state index contributed by atoms with van der Waals surface area (Å²) >= 11 is 6.54. The molecule has 0 radical (unpaired) electrons. The van der Waals surface area contributed by atoms with Crippen LogP contribution in [0.5, 0.6) is 0 Å². The Morgan fingerprint density at radius 3 is 1.92 bits per heavy atom. The van der Waals surface area contributed by atoms with Crippen molar-refractivity contribution >= 4 is 59.5 Å². The standard InChI is InChI=1S/C19H29ClN2O2Si.C16H21N3O2.C6H13N/c1-8-24-19(23)16-11-21-18-15(17(16)20)9-10-22(18)25(12(2)3,13(4)5)14(6)7;1-2-21-16(20)13-10-18-15-12(8-9-17-15)14(13)19-11-6-4-3-5-7-11;7-6-4-2-1-3-5-6/h9-14H,8H2,1-7H3;8-11H,2-7H2,1H3,(H2,17,18,19);6H,1-5,7H2. The van der Waals surface area contributed by atoms with Crippen molar-refractivity contribution in [3.05, 3.63) is 53.1 Å². The van der Waals surface area contributed by atoms with Crippen LogP contribution in [0, 0.1) is 0 Å². The van der Waals surface area contributed by atoms with Crippen LogP contribution < -0.4 is 11.1 Å². The predicted octanol–water partition coefficient (Wildman–Crippen LogP) is 10.7. The second kappa shape index (κ2) is 19.8. The highest BCUT2D eigenvalue weighted by molar-refractivity contribution is 6.82. The highest BCUT2D eigenvalue weighted by Gasteiger charge is 2.46. The molecule has 2 aliphatic rings. The number of rotatable bonds is 10. The summed E-state index contributed by atoms with van der Waals surface area (Å²) in [5, 5.41) is 5.76. The zero-order valence-electron chi connectivity index (χ0n) is 33.3. The fourth-order valence-corrected chi connectivity index (χ4v) is 15.5. The zero-order chi connectivity index (χ0) is 38.7. The van der Waals surface area contributed by atoms with Crippen molar-refractivity contribution in [3.63, 3.8) is 0 Å². The third-order valence-corrected chi connectivity index (χ3v) is 18.2. The second-order valence-electron chi connectivity index (χ2n) is 15.4. The molecule has 0 saturated heterocycles. The number of aromatic amines is 1. The lowest BCUT2D eigenvalue weighted by Crippen LogP contribution is -2.51. The third-order valence-electron chi connectivity index (χ3n) is 11.0. The fourth-order valence-electron chi connectivity index (χ4n) is 8.66. The molecule has 0 bridgehead atoms. The zero-order valence-corrected chi connectivity index (χ0v) is 35.0. The lowest BCUT2D eigenvalue weighted by Gasteiger charge is -2.44. The molecule has 2 fully saturated rings. The number of ether oxygens (including phenoxy) is 2. The van der Waals surface area contributed by atoms with E-state index in [1.165, 1.54) is 51.4 Å². The van der Waals surface area contributed by atoms with Gasteiger partial charge in [-0.1, -0.05) is 91.7 Å².